The number of anilines is 1. The number of nitrogens with zero attached hydrogens (tertiary/aromatic N) is 2. The number of amides is 1. The van der Waals surface area contributed by atoms with Crippen molar-refractivity contribution in [3.05, 3.63) is 16.0 Å². The summed E-state index contributed by atoms with van der Waals surface area (Å²) in [6.07, 6.45) is 6.14. The molecule has 0 unspecified atom stereocenters. The van der Waals surface area contributed by atoms with Crippen LogP contribution < -0.4 is 5.32 Å². The quantitative estimate of drug-likeness (QED) is 0.898. The number of fused-ring (bicyclic) bond motifs is 1. The number of nitrogens with one attached hydrogen (secondary N) is 1. The number of rotatable bonds is 3. The van der Waals surface area contributed by atoms with Crippen molar-refractivity contribution in [3.63, 3.8) is 0 Å². The van der Waals surface area contributed by atoms with Gasteiger partial charge in [0.1, 0.15) is 17.1 Å². The first-order valence-electron chi connectivity index (χ1n) is 7.74. The molecule has 1 N–H and O–H groups in total. The highest BCUT2D eigenvalue weighted by Crippen LogP contribution is 2.38. The van der Waals surface area contributed by atoms with Crippen LogP contribution in [-0.4, -0.2) is 37.5 Å². The molecule has 2 heterocycles. The smallest absolute Gasteiger partial charge is 0.243 e. The zero-order valence-electron chi connectivity index (χ0n) is 13.0. The van der Waals surface area contributed by atoms with Gasteiger partial charge in [-0.3, -0.25) is 4.79 Å². The van der Waals surface area contributed by atoms with Gasteiger partial charge in [0.25, 0.3) is 0 Å². The maximum absolute atomic E-state index is 12.6. The van der Waals surface area contributed by atoms with Gasteiger partial charge in [-0.05, 0) is 37.7 Å². The van der Waals surface area contributed by atoms with E-state index in [4.69, 9.17) is 0 Å². The van der Waals surface area contributed by atoms with Crippen molar-refractivity contribution in [3.8, 4) is 6.07 Å². The number of piperidine rings is 1. The lowest BCUT2D eigenvalue weighted by Gasteiger charge is -2.32. The van der Waals surface area contributed by atoms with Crippen molar-refractivity contribution in [1.29, 1.82) is 5.26 Å². The van der Waals surface area contributed by atoms with E-state index in [1.165, 1.54) is 20.5 Å². The summed E-state index contributed by atoms with van der Waals surface area (Å²) in [4.78, 5) is 13.8. The third-order valence-corrected chi connectivity index (χ3v) is 6.95. The summed E-state index contributed by atoms with van der Waals surface area (Å²) in [6.45, 7) is 0.378. The Morgan fingerprint density at radius 3 is 2.83 bits per heavy atom. The van der Waals surface area contributed by atoms with E-state index in [1.54, 1.807) is 0 Å². The highest BCUT2D eigenvalue weighted by Gasteiger charge is 2.35. The molecule has 124 valence electrons. The number of carbonyl (C=O) groups excluding carboxylic acids is 1. The van der Waals surface area contributed by atoms with Gasteiger partial charge in [0.2, 0.25) is 15.9 Å². The molecule has 6 nitrogen and oxygen atoms in total. The minimum Gasteiger partial charge on any atom is -0.315 e. The zero-order chi connectivity index (χ0) is 16.6. The molecule has 1 saturated heterocycles. The molecule has 2 aliphatic rings. The van der Waals surface area contributed by atoms with Crippen LogP contribution in [0.15, 0.2) is 0 Å². The summed E-state index contributed by atoms with van der Waals surface area (Å²) in [7, 11) is -3.41. The van der Waals surface area contributed by atoms with Gasteiger partial charge in [0.05, 0.1) is 11.8 Å². The number of hydrogen-bond acceptors (Lipinski definition) is 5. The first-order valence-corrected chi connectivity index (χ1v) is 10.4. The molecule has 1 aliphatic heterocycles. The molecule has 1 amide bonds. The van der Waals surface area contributed by atoms with Crippen molar-refractivity contribution in [1.82, 2.24) is 4.31 Å². The first-order chi connectivity index (χ1) is 10.9. The van der Waals surface area contributed by atoms with Crippen molar-refractivity contribution in [2.24, 2.45) is 0 Å². The fourth-order valence-corrected chi connectivity index (χ4v) is 5.74. The van der Waals surface area contributed by atoms with Crippen LogP contribution in [0.2, 0.25) is 0 Å². The Labute approximate surface area is 140 Å². The van der Waals surface area contributed by atoms with E-state index in [1.807, 2.05) is 0 Å². The third-order valence-electron chi connectivity index (χ3n) is 4.45. The maximum atomic E-state index is 12.6. The molecule has 0 saturated carbocycles. The molecule has 0 spiro atoms. The second-order valence-electron chi connectivity index (χ2n) is 6.05. The number of sulfonamides is 1. The lowest BCUT2D eigenvalue weighted by molar-refractivity contribution is -0.120. The molecule has 0 aromatic carbocycles. The standard InChI is InChI=1S/C15H19N3O3S2/c1-23(20,21)18-8-3-2-6-12(18)14(19)17-15-11(9-16)10-5-4-7-13(10)22-15/h12H,2-8H2,1H3,(H,17,19)/t12-/m1/s1. The van der Waals surface area contributed by atoms with Crippen LogP contribution in [0.5, 0.6) is 0 Å². The van der Waals surface area contributed by atoms with Crippen LogP contribution in [0.25, 0.3) is 0 Å². The number of hydrogen-bond donors (Lipinski definition) is 1. The Bertz CT molecular complexity index is 777. The minimum absolute atomic E-state index is 0.327. The summed E-state index contributed by atoms with van der Waals surface area (Å²) in [5.41, 5.74) is 1.61. The number of thiophene rings is 1. The van der Waals surface area contributed by atoms with E-state index in [-0.39, 0.29) is 5.91 Å². The van der Waals surface area contributed by atoms with Gasteiger partial charge in [-0.2, -0.15) is 9.57 Å². The minimum atomic E-state index is -3.41. The second-order valence-corrected chi connectivity index (χ2v) is 9.09. The van der Waals surface area contributed by atoms with Crippen molar-refractivity contribution >= 4 is 32.3 Å². The summed E-state index contributed by atoms with van der Waals surface area (Å²) >= 11 is 1.45. The number of nitriles is 1. The molecule has 1 atom stereocenters. The molecule has 23 heavy (non-hydrogen) atoms. The Morgan fingerprint density at radius 2 is 2.13 bits per heavy atom. The van der Waals surface area contributed by atoms with E-state index in [9.17, 15) is 18.5 Å². The number of aryl methyl sites for hydroxylation is 1. The van der Waals surface area contributed by atoms with Crippen molar-refractivity contribution in [2.75, 3.05) is 18.1 Å². The van der Waals surface area contributed by atoms with E-state index in [2.05, 4.69) is 11.4 Å². The van der Waals surface area contributed by atoms with Crippen molar-refractivity contribution in [2.45, 2.75) is 44.6 Å². The van der Waals surface area contributed by atoms with Crippen molar-refractivity contribution < 1.29 is 13.2 Å². The topological polar surface area (TPSA) is 90.3 Å². The monoisotopic (exact) mass is 353 g/mol. The SMILES string of the molecule is CS(=O)(=O)N1CCCC[C@@H]1C(=O)Nc1sc2c(c1C#N)CCC2. The van der Waals surface area contributed by atoms with Crippen LogP contribution in [0.4, 0.5) is 5.00 Å². The van der Waals surface area contributed by atoms with E-state index in [0.29, 0.717) is 23.5 Å². The van der Waals surface area contributed by atoms with Gasteiger partial charge < -0.3 is 5.32 Å². The fourth-order valence-electron chi connectivity index (χ4n) is 3.37. The van der Waals surface area contributed by atoms with Gasteiger partial charge in [-0.25, -0.2) is 8.42 Å². The average Bonchev–Trinajstić information content (AvgIpc) is 3.06. The molecule has 1 fully saturated rings. The lowest BCUT2D eigenvalue weighted by Crippen LogP contribution is -2.49. The first kappa shape index (κ1) is 16.4. The Morgan fingerprint density at radius 1 is 1.35 bits per heavy atom. The molecule has 1 aromatic heterocycles. The van der Waals surface area contributed by atoms with Gasteiger partial charge in [0.15, 0.2) is 0 Å². The summed E-state index contributed by atoms with van der Waals surface area (Å²) in [5, 5.41) is 12.8. The highest BCUT2D eigenvalue weighted by molar-refractivity contribution is 7.88. The molecule has 3 rings (SSSR count). The van der Waals surface area contributed by atoms with Crippen LogP contribution in [0, 0.1) is 11.3 Å². The maximum Gasteiger partial charge on any atom is 0.243 e. The molecule has 0 bridgehead atoms. The largest absolute Gasteiger partial charge is 0.315 e. The normalized spacial score (nSPS) is 21.7. The Kier molecular flexibility index (Phi) is 4.45. The highest BCUT2D eigenvalue weighted by atomic mass is 32.2. The molecular formula is C15H19N3O3S2. The predicted octanol–water partition coefficient (Wildman–Crippen LogP) is 1.86. The second kappa shape index (κ2) is 6.23. The van der Waals surface area contributed by atoms with Crippen LogP contribution in [0.3, 0.4) is 0 Å². The van der Waals surface area contributed by atoms with Gasteiger partial charge in [0, 0.05) is 11.4 Å². The molecule has 1 aromatic rings. The summed E-state index contributed by atoms with van der Waals surface area (Å²) < 4.78 is 25.1. The molecule has 8 heteroatoms. The Hall–Kier alpha value is -1.43. The van der Waals surface area contributed by atoms with E-state index < -0.39 is 16.1 Å². The van der Waals surface area contributed by atoms with Gasteiger partial charge in [-0.15, -0.1) is 11.3 Å². The van der Waals surface area contributed by atoms with E-state index in [0.717, 1.165) is 43.9 Å². The molecule has 1 aliphatic carbocycles. The van der Waals surface area contributed by atoms with Crippen LogP contribution in [0.1, 0.15) is 41.7 Å². The van der Waals surface area contributed by atoms with E-state index >= 15 is 0 Å². The fraction of sp³-hybridized carbons (Fsp3) is 0.600. The zero-order valence-corrected chi connectivity index (χ0v) is 14.6. The predicted molar refractivity (Wildman–Crippen MR) is 88.9 cm³/mol. The summed E-state index contributed by atoms with van der Waals surface area (Å²) in [6, 6.07) is 1.51. The average molecular weight is 353 g/mol. The van der Waals surface area contributed by atoms with Crippen LogP contribution in [-0.2, 0) is 27.7 Å². The van der Waals surface area contributed by atoms with Crippen LogP contribution >= 0.6 is 11.3 Å². The Balaban J connectivity index is 1.83. The van der Waals surface area contributed by atoms with Gasteiger partial charge in [-0.1, -0.05) is 6.42 Å². The lowest BCUT2D eigenvalue weighted by atomic mass is 10.0. The molecular weight excluding hydrogens is 334 g/mol. The number of carbonyl (C=O) groups is 1. The summed E-state index contributed by atoms with van der Waals surface area (Å²) in [5.74, 6) is -0.327. The molecule has 0 radical (unpaired) electrons. The van der Waals surface area contributed by atoms with Gasteiger partial charge >= 0.3 is 0 Å². The third kappa shape index (κ3) is 3.13.